The highest BCUT2D eigenvalue weighted by Gasteiger charge is 2.41. The van der Waals surface area contributed by atoms with E-state index in [1.54, 1.807) is 18.2 Å². The number of hydrogen-bond donors (Lipinski definition) is 1. The fourth-order valence-corrected chi connectivity index (χ4v) is 3.82. The van der Waals surface area contributed by atoms with Crippen molar-refractivity contribution in [3.05, 3.63) is 59.2 Å². The van der Waals surface area contributed by atoms with Gasteiger partial charge in [0.2, 0.25) is 5.91 Å². The first-order valence-corrected chi connectivity index (χ1v) is 10.8. The van der Waals surface area contributed by atoms with Crippen LogP contribution < -0.4 is 10.1 Å². The van der Waals surface area contributed by atoms with Gasteiger partial charge in [0.1, 0.15) is 11.3 Å². The third-order valence-electron chi connectivity index (χ3n) is 5.78. The van der Waals surface area contributed by atoms with Gasteiger partial charge in [-0.2, -0.15) is 0 Å². The number of carbonyl (C=O) groups excluding carboxylic acids is 2. The summed E-state index contributed by atoms with van der Waals surface area (Å²) in [5.74, 6) is -0.144. The number of nitrogens with one attached hydrogen (secondary N) is 1. The molecule has 0 aromatic heterocycles. The lowest BCUT2D eigenvalue weighted by atomic mass is 9.73. The van der Waals surface area contributed by atoms with Gasteiger partial charge in [-0.15, -0.1) is 0 Å². The number of anilines is 1. The number of hydrogen-bond acceptors (Lipinski definition) is 5. The van der Waals surface area contributed by atoms with Crippen molar-refractivity contribution < 1.29 is 23.8 Å². The van der Waals surface area contributed by atoms with Crippen molar-refractivity contribution in [3.63, 3.8) is 0 Å². The molecular formula is C25H31NO5. The minimum Gasteiger partial charge on any atom is -0.493 e. The number of amides is 1. The highest BCUT2D eigenvalue weighted by Crippen LogP contribution is 2.37. The van der Waals surface area contributed by atoms with Crippen molar-refractivity contribution in [3.8, 4) is 5.75 Å². The molecular weight excluding hydrogens is 394 g/mol. The monoisotopic (exact) mass is 425 g/mol. The first kappa shape index (κ1) is 22.8. The molecule has 1 N–H and O–H groups in total. The quantitative estimate of drug-likeness (QED) is 0.492. The molecule has 3 rings (SSSR count). The molecule has 0 bridgehead atoms. The number of aryl methyl sites for hydroxylation is 1. The summed E-state index contributed by atoms with van der Waals surface area (Å²) in [6.07, 6.45) is 3.08. The molecule has 0 saturated carbocycles. The highest BCUT2D eigenvalue weighted by atomic mass is 16.5. The fourth-order valence-electron chi connectivity index (χ4n) is 3.82. The number of ether oxygens (including phenoxy) is 3. The van der Waals surface area contributed by atoms with Crippen LogP contribution in [0.1, 0.15) is 54.1 Å². The van der Waals surface area contributed by atoms with E-state index in [0.29, 0.717) is 49.7 Å². The molecule has 6 heteroatoms. The Morgan fingerprint density at radius 2 is 1.81 bits per heavy atom. The Kier molecular flexibility index (Phi) is 7.69. The smallest absolute Gasteiger partial charge is 0.341 e. The second-order valence-corrected chi connectivity index (χ2v) is 7.92. The number of methoxy groups -OCH3 is 1. The molecule has 0 unspecified atom stereocenters. The summed E-state index contributed by atoms with van der Waals surface area (Å²) in [4.78, 5) is 25.8. The molecule has 1 heterocycles. The highest BCUT2D eigenvalue weighted by molar-refractivity contribution is 6.01. The van der Waals surface area contributed by atoms with Crippen LogP contribution in [0, 0.1) is 6.92 Å². The summed E-state index contributed by atoms with van der Waals surface area (Å²) < 4.78 is 16.2. The van der Waals surface area contributed by atoms with E-state index in [1.807, 2.05) is 31.2 Å². The van der Waals surface area contributed by atoms with Crippen molar-refractivity contribution in [2.75, 3.05) is 32.2 Å². The first-order chi connectivity index (χ1) is 15.0. The average molecular weight is 426 g/mol. The largest absolute Gasteiger partial charge is 0.493 e. The van der Waals surface area contributed by atoms with Gasteiger partial charge in [0.15, 0.2) is 0 Å². The second kappa shape index (κ2) is 10.4. The van der Waals surface area contributed by atoms with E-state index >= 15 is 0 Å². The standard InChI is InChI=1S/C25H31NO5/c1-4-5-14-31-22-11-10-20(17-21(22)23(27)29-3)26-24(28)25(12-15-30-16-13-25)19-8-6-18(2)7-9-19/h6-11,17H,4-5,12-16H2,1-3H3,(H,26,28). The first-order valence-electron chi connectivity index (χ1n) is 10.8. The van der Waals surface area contributed by atoms with Crippen LogP contribution in [0.25, 0.3) is 0 Å². The van der Waals surface area contributed by atoms with Gasteiger partial charge < -0.3 is 19.5 Å². The Labute approximate surface area is 183 Å². The van der Waals surface area contributed by atoms with E-state index in [9.17, 15) is 9.59 Å². The SMILES string of the molecule is CCCCOc1ccc(NC(=O)C2(c3ccc(C)cc3)CCOCC2)cc1C(=O)OC. The minimum absolute atomic E-state index is 0.102. The number of carbonyl (C=O) groups is 2. The lowest BCUT2D eigenvalue weighted by Gasteiger charge is -2.36. The fraction of sp³-hybridized carbons (Fsp3) is 0.440. The molecule has 1 aliphatic heterocycles. The second-order valence-electron chi connectivity index (χ2n) is 7.92. The number of rotatable bonds is 8. The summed E-state index contributed by atoms with van der Waals surface area (Å²) in [6, 6.07) is 13.2. The Morgan fingerprint density at radius 1 is 1.10 bits per heavy atom. The van der Waals surface area contributed by atoms with Gasteiger partial charge in [-0.1, -0.05) is 43.2 Å². The number of unbranched alkanes of at least 4 members (excludes halogenated alkanes) is 1. The van der Waals surface area contributed by atoms with Crippen molar-refractivity contribution in [2.24, 2.45) is 0 Å². The van der Waals surface area contributed by atoms with E-state index < -0.39 is 11.4 Å². The summed E-state index contributed by atoms with van der Waals surface area (Å²) in [7, 11) is 1.33. The van der Waals surface area contributed by atoms with E-state index in [4.69, 9.17) is 14.2 Å². The van der Waals surface area contributed by atoms with Crippen molar-refractivity contribution in [2.45, 2.75) is 44.9 Å². The zero-order valence-corrected chi connectivity index (χ0v) is 18.5. The third-order valence-corrected chi connectivity index (χ3v) is 5.78. The molecule has 0 atom stereocenters. The minimum atomic E-state index is -0.673. The van der Waals surface area contributed by atoms with Gasteiger partial charge in [0, 0.05) is 18.9 Å². The lowest BCUT2D eigenvalue weighted by molar-refractivity contribution is -0.125. The lowest BCUT2D eigenvalue weighted by Crippen LogP contribution is -2.44. The van der Waals surface area contributed by atoms with Crippen molar-refractivity contribution in [1.29, 1.82) is 0 Å². The predicted molar refractivity (Wildman–Crippen MR) is 120 cm³/mol. The normalized spacial score (nSPS) is 15.2. The van der Waals surface area contributed by atoms with Crippen LogP contribution in [-0.2, 0) is 19.7 Å². The van der Waals surface area contributed by atoms with Crippen LogP contribution in [0.5, 0.6) is 5.75 Å². The molecule has 6 nitrogen and oxygen atoms in total. The van der Waals surface area contributed by atoms with Crippen LogP contribution in [0.4, 0.5) is 5.69 Å². The van der Waals surface area contributed by atoms with Crippen LogP contribution in [-0.4, -0.2) is 38.8 Å². The summed E-state index contributed by atoms with van der Waals surface area (Å²) in [5.41, 5.74) is 2.28. The van der Waals surface area contributed by atoms with Crippen molar-refractivity contribution >= 4 is 17.6 Å². The molecule has 2 aromatic rings. The van der Waals surface area contributed by atoms with Crippen LogP contribution in [0.2, 0.25) is 0 Å². The Bertz CT molecular complexity index is 901. The molecule has 2 aromatic carbocycles. The van der Waals surface area contributed by atoms with E-state index in [2.05, 4.69) is 12.2 Å². The summed E-state index contributed by atoms with van der Waals surface area (Å²) >= 11 is 0. The molecule has 1 amide bonds. The predicted octanol–water partition coefficient (Wildman–Crippen LogP) is 4.65. The van der Waals surface area contributed by atoms with E-state index in [-0.39, 0.29) is 5.91 Å². The van der Waals surface area contributed by atoms with Crippen LogP contribution in [0.15, 0.2) is 42.5 Å². The molecule has 1 aliphatic rings. The van der Waals surface area contributed by atoms with Gasteiger partial charge in [-0.3, -0.25) is 4.79 Å². The molecule has 0 spiro atoms. The molecule has 1 saturated heterocycles. The van der Waals surface area contributed by atoms with Gasteiger partial charge in [0.25, 0.3) is 0 Å². The molecule has 0 radical (unpaired) electrons. The zero-order chi connectivity index (χ0) is 22.3. The van der Waals surface area contributed by atoms with Crippen molar-refractivity contribution in [1.82, 2.24) is 0 Å². The summed E-state index contributed by atoms with van der Waals surface area (Å²) in [6.45, 7) is 5.67. The average Bonchev–Trinajstić information content (AvgIpc) is 2.80. The third kappa shape index (κ3) is 5.25. The van der Waals surface area contributed by atoms with E-state index in [0.717, 1.165) is 24.0 Å². The van der Waals surface area contributed by atoms with Gasteiger partial charge in [-0.25, -0.2) is 4.79 Å². The van der Waals surface area contributed by atoms with Gasteiger partial charge in [0.05, 0.1) is 19.1 Å². The topological polar surface area (TPSA) is 73.9 Å². The maximum Gasteiger partial charge on any atom is 0.341 e. The Morgan fingerprint density at radius 3 is 2.45 bits per heavy atom. The van der Waals surface area contributed by atoms with Gasteiger partial charge in [-0.05, 0) is 49.9 Å². The van der Waals surface area contributed by atoms with Gasteiger partial charge >= 0.3 is 5.97 Å². The molecule has 31 heavy (non-hydrogen) atoms. The number of benzene rings is 2. The summed E-state index contributed by atoms with van der Waals surface area (Å²) in [5, 5.41) is 3.02. The number of esters is 1. The molecule has 0 aliphatic carbocycles. The Hall–Kier alpha value is -2.86. The van der Waals surface area contributed by atoms with Crippen LogP contribution >= 0.6 is 0 Å². The zero-order valence-electron chi connectivity index (χ0n) is 18.5. The molecule has 1 fully saturated rings. The van der Waals surface area contributed by atoms with E-state index in [1.165, 1.54) is 7.11 Å². The molecule has 166 valence electrons. The maximum absolute atomic E-state index is 13.5. The maximum atomic E-state index is 13.5. The Balaban J connectivity index is 1.87. The van der Waals surface area contributed by atoms with Crippen LogP contribution in [0.3, 0.4) is 0 Å².